The predicted octanol–water partition coefficient (Wildman–Crippen LogP) is 2.30. The molecular formula is C15H14N6. The highest BCUT2D eigenvalue weighted by Crippen LogP contribution is 2.12. The standard InChI is InChI=1S/C15H14N6/c1-11-18-15-6-5-12(10-21(15)19-11)16-8-13-9-17-14-4-2-3-7-20(13)14/h2-7,9-10,16H,8H2,1H3. The van der Waals surface area contributed by atoms with Crippen molar-refractivity contribution in [3.8, 4) is 0 Å². The maximum absolute atomic E-state index is 4.38. The second kappa shape index (κ2) is 4.59. The van der Waals surface area contributed by atoms with Crippen molar-refractivity contribution in [3.05, 3.63) is 60.4 Å². The largest absolute Gasteiger partial charge is 0.378 e. The maximum Gasteiger partial charge on any atom is 0.155 e. The number of anilines is 1. The first-order valence-corrected chi connectivity index (χ1v) is 6.77. The monoisotopic (exact) mass is 278 g/mol. The number of pyridine rings is 2. The lowest BCUT2D eigenvalue weighted by molar-refractivity contribution is 0.925. The molecule has 0 aliphatic heterocycles. The molecule has 6 nitrogen and oxygen atoms in total. The van der Waals surface area contributed by atoms with Gasteiger partial charge in [-0.25, -0.2) is 14.5 Å². The Morgan fingerprint density at radius 2 is 2.10 bits per heavy atom. The fourth-order valence-electron chi connectivity index (χ4n) is 2.41. The van der Waals surface area contributed by atoms with Crippen LogP contribution in [0.15, 0.2) is 48.9 Å². The summed E-state index contributed by atoms with van der Waals surface area (Å²) in [6.07, 6.45) is 5.85. The molecule has 0 amide bonds. The molecule has 6 heteroatoms. The SMILES string of the molecule is Cc1nc2ccc(NCc3cnc4ccccn34)cn2n1. The average molecular weight is 278 g/mol. The Hall–Kier alpha value is -2.89. The molecule has 4 heterocycles. The molecule has 0 atom stereocenters. The Kier molecular flexibility index (Phi) is 2.60. The molecule has 104 valence electrons. The van der Waals surface area contributed by atoms with Crippen LogP contribution in [0.2, 0.25) is 0 Å². The highest BCUT2D eigenvalue weighted by molar-refractivity contribution is 5.50. The van der Waals surface area contributed by atoms with Gasteiger partial charge in [-0.1, -0.05) is 6.07 Å². The van der Waals surface area contributed by atoms with Crippen LogP contribution in [0.4, 0.5) is 5.69 Å². The van der Waals surface area contributed by atoms with E-state index in [1.807, 2.05) is 55.8 Å². The Morgan fingerprint density at radius 3 is 3.05 bits per heavy atom. The number of nitrogens with zero attached hydrogens (tertiary/aromatic N) is 5. The van der Waals surface area contributed by atoms with Crippen molar-refractivity contribution in [1.82, 2.24) is 24.0 Å². The van der Waals surface area contributed by atoms with Gasteiger partial charge in [-0.15, -0.1) is 0 Å². The molecule has 0 saturated carbocycles. The summed E-state index contributed by atoms with van der Waals surface area (Å²) >= 11 is 0. The summed E-state index contributed by atoms with van der Waals surface area (Å²) in [4.78, 5) is 8.69. The van der Waals surface area contributed by atoms with Crippen molar-refractivity contribution >= 4 is 17.0 Å². The zero-order valence-electron chi connectivity index (χ0n) is 11.6. The van der Waals surface area contributed by atoms with E-state index in [0.29, 0.717) is 6.54 Å². The molecule has 4 rings (SSSR count). The summed E-state index contributed by atoms with van der Waals surface area (Å²) in [6.45, 7) is 2.59. The molecule has 0 aliphatic rings. The zero-order chi connectivity index (χ0) is 14.2. The van der Waals surface area contributed by atoms with E-state index in [1.54, 1.807) is 4.52 Å². The minimum absolute atomic E-state index is 0.699. The lowest BCUT2D eigenvalue weighted by atomic mass is 10.3. The van der Waals surface area contributed by atoms with Gasteiger partial charge in [-0.3, -0.25) is 0 Å². The van der Waals surface area contributed by atoms with E-state index in [0.717, 1.165) is 28.5 Å². The molecule has 4 aromatic rings. The van der Waals surface area contributed by atoms with Crippen molar-refractivity contribution in [2.45, 2.75) is 13.5 Å². The number of hydrogen-bond acceptors (Lipinski definition) is 4. The van der Waals surface area contributed by atoms with E-state index in [1.165, 1.54) is 0 Å². The molecule has 0 fully saturated rings. The summed E-state index contributed by atoms with van der Waals surface area (Å²) in [7, 11) is 0. The van der Waals surface area contributed by atoms with Crippen molar-refractivity contribution in [2.24, 2.45) is 0 Å². The second-order valence-corrected chi connectivity index (χ2v) is 4.91. The van der Waals surface area contributed by atoms with E-state index in [2.05, 4.69) is 24.8 Å². The Bertz CT molecular complexity index is 920. The number of aryl methyl sites for hydroxylation is 1. The second-order valence-electron chi connectivity index (χ2n) is 4.91. The number of fused-ring (bicyclic) bond motifs is 2. The number of nitrogens with one attached hydrogen (secondary N) is 1. The molecule has 1 N–H and O–H groups in total. The summed E-state index contributed by atoms with van der Waals surface area (Å²) in [5.41, 5.74) is 3.92. The van der Waals surface area contributed by atoms with Gasteiger partial charge in [-0.2, -0.15) is 5.10 Å². The average Bonchev–Trinajstić information content (AvgIpc) is 3.07. The van der Waals surface area contributed by atoms with Gasteiger partial charge < -0.3 is 9.72 Å². The van der Waals surface area contributed by atoms with Gasteiger partial charge in [0.1, 0.15) is 11.5 Å². The quantitative estimate of drug-likeness (QED) is 0.624. The molecule has 0 bridgehead atoms. The molecular weight excluding hydrogens is 264 g/mol. The topological polar surface area (TPSA) is 59.5 Å². The third-order valence-corrected chi connectivity index (χ3v) is 3.40. The summed E-state index contributed by atoms with van der Waals surface area (Å²) in [5.74, 6) is 0.772. The van der Waals surface area contributed by atoms with Crippen molar-refractivity contribution < 1.29 is 0 Å². The van der Waals surface area contributed by atoms with Gasteiger partial charge in [0.2, 0.25) is 0 Å². The molecule has 0 aliphatic carbocycles. The van der Waals surface area contributed by atoms with Crippen molar-refractivity contribution in [2.75, 3.05) is 5.32 Å². The van der Waals surface area contributed by atoms with Crippen LogP contribution in [-0.4, -0.2) is 24.0 Å². The smallest absolute Gasteiger partial charge is 0.155 e. The first kappa shape index (κ1) is 11.9. The Morgan fingerprint density at radius 1 is 1.14 bits per heavy atom. The predicted molar refractivity (Wildman–Crippen MR) is 80.2 cm³/mol. The van der Waals surface area contributed by atoms with Gasteiger partial charge >= 0.3 is 0 Å². The normalized spacial score (nSPS) is 11.3. The summed E-state index contributed by atoms with van der Waals surface area (Å²) in [5, 5.41) is 7.71. The van der Waals surface area contributed by atoms with Crippen LogP contribution >= 0.6 is 0 Å². The molecule has 0 aromatic carbocycles. The lowest BCUT2D eigenvalue weighted by Crippen LogP contribution is -2.03. The fourth-order valence-corrected chi connectivity index (χ4v) is 2.41. The number of imidazole rings is 1. The minimum atomic E-state index is 0.699. The number of hydrogen-bond donors (Lipinski definition) is 1. The third-order valence-electron chi connectivity index (χ3n) is 3.40. The minimum Gasteiger partial charge on any atom is -0.378 e. The fraction of sp³-hybridized carbons (Fsp3) is 0.133. The summed E-state index contributed by atoms with van der Waals surface area (Å²) in [6, 6.07) is 9.94. The molecule has 0 saturated heterocycles. The number of aromatic nitrogens is 5. The molecule has 21 heavy (non-hydrogen) atoms. The van der Waals surface area contributed by atoms with Gasteiger partial charge in [0.05, 0.1) is 30.3 Å². The van der Waals surface area contributed by atoms with E-state index in [-0.39, 0.29) is 0 Å². The first-order valence-electron chi connectivity index (χ1n) is 6.77. The molecule has 4 aromatic heterocycles. The van der Waals surface area contributed by atoms with Gasteiger partial charge in [0, 0.05) is 6.20 Å². The summed E-state index contributed by atoms with van der Waals surface area (Å²) < 4.78 is 3.86. The van der Waals surface area contributed by atoms with E-state index < -0.39 is 0 Å². The van der Waals surface area contributed by atoms with E-state index in [4.69, 9.17) is 0 Å². The third kappa shape index (κ3) is 2.10. The van der Waals surface area contributed by atoms with E-state index >= 15 is 0 Å². The van der Waals surface area contributed by atoms with Crippen LogP contribution in [0, 0.1) is 6.92 Å². The first-order chi connectivity index (χ1) is 10.3. The van der Waals surface area contributed by atoms with Crippen LogP contribution in [-0.2, 0) is 6.54 Å². The Balaban J connectivity index is 1.60. The zero-order valence-corrected chi connectivity index (χ0v) is 11.6. The van der Waals surface area contributed by atoms with Crippen molar-refractivity contribution in [1.29, 1.82) is 0 Å². The van der Waals surface area contributed by atoms with Gasteiger partial charge in [-0.05, 0) is 31.2 Å². The lowest BCUT2D eigenvalue weighted by Gasteiger charge is -2.06. The van der Waals surface area contributed by atoms with Crippen LogP contribution in [0.1, 0.15) is 11.5 Å². The highest BCUT2D eigenvalue weighted by Gasteiger charge is 2.03. The van der Waals surface area contributed by atoms with Gasteiger partial charge in [0.15, 0.2) is 5.65 Å². The van der Waals surface area contributed by atoms with Crippen LogP contribution < -0.4 is 5.32 Å². The Labute approximate surface area is 121 Å². The number of rotatable bonds is 3. The van der Waals surface area contributed by atoms with E-state index in [9.17, 15) is 0 Å². The maximum atomic E-state index is 4.38. The van der Waals surface area contributed by atoms with Gasteiger partial charge in [0.25, 0.3) is 0 Å². The van der Waals surface area contributed by atoms with Crippen LogP contribution in [0.5, 0.6) is 0 Å². The van der Waals surface area contributed by atoms with Crippen molar-refractivity contribution in [3.63, 3.8) is 0 Å². The molecule has 0 unspecified atom stereocenters. The molecule has 0 spiro atoms. The van der Waals surface area contributed by atoms with Crippen LogP contribution in [0.3, 0.4) is 0 Å². The molecule has 0 radical (unpaired) electrons. The van der Waals surface area contributed by atoms with Crippen LogP contribution in [0.25, 0.3) is 11.3 Å². The highest BCUT2D eigenvalue weighted by atomic mass is 15.3.